The molecular weight excluding hydrogens is 368 g/mol. The van der Waals surface area contributed by atoms with Crippen LogP contribution < -0.4 is 4.72 Å². The lowest BCUT2D eigenvalue weighted by atomic mass is 10.2. The maximum absolute atomic E-state index is 12.4. The van der Waals surface area contributed by atoms with Crippen molar-refractivity contribution in [2.45, 2.75) is 18.7 Å². The Morgan fingerprint density at radius 2 is 1.81 bits per heavy atom. The Labute approximate surface area is 160 Å². The van der Waals surface area contributed by atoms with E-state index < -0.39 is 11.4 Å². The van der Waals surface area contributed by atoms with Gasteiger partial charge in [-0.05, 0) is 32.0 Å². The molecule has 0 spiro atoms. The molecule has 5 nitrogen and oxygen atoms in total. The SMILES string of the molecule is Cc1ncc(C#Cc2c(C)ncnc2Cl)cc1N[S+]([O-])c1ccccc1. The van der Waals surface area contributed by atoms with Gasteiger partial charge in [-0.25, -0.2) is 14.7 Å². The second kappa shape index (κ2) is 8.19. The topological polar surface area (TPSA) is 73.8 Å². The summed E-state index contributed by atoms with van der Waals surface area (Å²) in [6.45, 7) is 3.66. The minimum Gasteiger partial charge on any atom is -0.588 e. The number of benzene rings is 1. The van der Waals surface area contributed by atoms with Crippen molar-refractivity contribution in [3.63, 3.8) is 0 Å². The second-order valence-corrected chi connectivity index (χ2v) is 6.99. The van der Waals surface area contributed by atoms with Crippen molar-refractivity contribution in [3.05, 3.63) is 76.6 Å². The van der Waals surface area contributed by atoms with Crippen molar-refractivity contribution in [1.82, 2.24) is 15.0 Å². The third-order valence-electron chi connectivity index (χ3n) is 3.57. The van der Waals surface area contributed by atoms with Crippen LogP contribution in [0.3, 0.4) is 0 Å². The zero-order valence-electron chi connectivity index (χ0n) is 14.2. The number of rotatable bonds is 3. The molecule has 1 aromatic carbocycles. The number of nitrogens with zero attached hydrogens (tertiary/aromatic N) is 3. The molecule has 2 aromatic heterocycles. The predicted molar refractivity (Wildman–Crippen MR) is 103 cm³/mol. The highest BCUT2D eigenvalue weighted by atomic mass is 35.5. The molecule has 0 saturated heterocycles. The molecule has 0 radical (unpaired) electrons. The first-order valence-corrected chi connectivity index (χ1v) is 9.26. The van der Waals surface area contributed by atoms with Crippen LogP contribution >= 0.6 is 11.6 Å². The van der Waals surface area contributed by atoms with Gasteiger partial charge in [0, 0.05) is 11.8 Å². The zero-order chi connectivity index (χ0) is 18.5. The van der Waals surface area contributed by atoms with E-state index in [1.54, 1.807) is 18.3 Å². The molecule has 1 atom stereocenters. The summed E-state index contributed by atoms with van der Waals surface area (Å²) < 4.78 is 15.4. The van der Waals surface area contributed by atoms with Crippen LogP contribution in [-0.2, 0) is 11.4 Å². The van der Waals surface area contributed by atoms with Crippen molar-refractivity contribution in [2.75, 3.05) is 4.72 Å². The first-order valence-electron chi connectivity index (χ1n) is 7.74. The van der Waals surface area contributed by atoms with Crippen molar-refractivity contribution in [1.29, 1.82) is 0 Å². The highest BCUT2D eigenvalue weighted by Crippen LogP contribution is 2.19. The van der Waals surface area contributed by atoms with E-state index in [1.165, 1.54) is 6.33 Å². The van der Waals surface area contributed by atoms with Gasteiger partial charge in [0.15, 0.2) is 4.90 Å². The summed E-state index contributed by atoms with van der Waals surface area (Å²) in [6.07, 6.45) is 3.06. The van der Waals surface area contributed by atoms with Crippen LogP contribution in [0.25, 0.3) is 0 Å². The van der Waals surface area contributed by atoms with E-state index in [2.05, 4.69) is 31.5 Å². The summed E-state index contributed by atoms with van der Waals surface area (Å²) in [5, 5.41) is 0.314. The standard InChI is InChI=1S/C19H15ClN4OS/c1-13-17(19(20)23-12-22-13)9-8-15-10-18(14(2)21-11-15)24-26(25)16-6-4-3-5-7-16/h3-7,10-12,24H,1-2H3. The van der Waals surface area contributed by atoms with Crippen molar-refractivity contribution in [2.24, 2.45) is 0 Å². The molecule has 0 aliphatic rings. The van der Waals surface area contributed by atoms with Gasteiger partial charge < -0.3 is 4.55 Å². The molecule has 3 aromatic rings. The molecule has 2 heterocycles. The van der Waals surface area contributed by atoms with E-state index in [9.17, 15) is 4.55 Å². The lowest BCUT2D eigenvalue weighted by Gasteiger charge is -2.12. The van der Waals surface area contributed by atoms with E-state index >= 15 is 0 Å². The summed E-state index contributed by atoms with van der Waals surface area (Å²) >= 11 is 4.69. The molecule has 26 heavy (non-hydrogen) atoms. The van der Waals surface area contributed by atoms with E-state index in [4.69, 9.17) is 11.6 Å². The Morgan fingerprint density at radius 3 is 2.54 bits per heavy atom. The molecule has 0 bridgehead atoms. The van der Waals surface area contributed by atoms with E-state index in [0.29, 0.717) is 32.6 Å². The second-order valence-electron chi connectivity index (χ2n) is 5.42. The first kappa shape index (κ1) is 18.2. The molecule has 0 aliphatic heterocycles. The number of anilines is 1. The van der Waals surface area contributed by atoms with Gasteiger partial charge in [-0.3, -0.25) is 4.98 Å². The fourth-order valence-electron chi connectivity index (χ4n) is 2.13. The number of aryl methyl sites for hydroxylation is 2. The van der Waals surface area contributed by atoms with Gasteiger partial charge in [0.2, 0.25) is 0 Å². The van der Waals surface area contributed by atoms with Crippen LogP contribution in [0.4, 0.5) is 5.69 Å². The average Bonchev–Trinajstić information content (AvgIpc) is 2.64. The van der Waals surface area contributed by atoms with Crippen LogP contribution in [0.15, 0.2) is 53.8 Å². The van der Waals surface area contributed by atoms with Crippen LogP contribution in [0.2, 0.25) is 5.15 Å². The van der Waals surface area contributed by atoms with Gasteiger partial charge in [-0.2, -0.15) is 0 Å². The van der Waals surface area contributed by atoms with Crippen molar-refractivity contribution < 1.29 is 4.55 Å². The molecule has 0 aliphatic carbocycles. The largest absolute Gasteiger partial charge is 0.588 e. The minimum atomic E-state index is -1.38. The van der Waals surface area contributed by atoms with E-state index in [1.807, 2.05) is 38.1 Å². The Hall–Kier alpha value is -2.59. The Bertz CT molecular complexity index is 966. The first-order chi connectivity index (χ1) is 12.5. The monoisotopic (exact) mass is 382 g/mol. The molecule has 1 N–H and O–H groups in total. The van der Waals surface area contributed by atoms with Crippen molar-refractivity contribution in [3.8, 4) is 11.8 Å². The summed E-state index contributed by atoms with van der Waals surface area (Å²) in [5.41, 5.74) is 3.35. The van der Waals surface area contributed by atoms with E-state index in [-0.39, 0.29) is 0 Å². The van der Waals surface area contributed by atoms with Gasteiger partial charge in [0.05, 0.1) is 17.0 Å². The molecule has 7 heteroatoms. The molecule has 3 rings (SSSR count). The van der Waals surface area contributed by atoms with Crippen LogP contribution in [0.5, 0.6) is 0 Å². The quantitative estimate of drug-likeness (QED) is 0.425. The number of nitrogens with one attached hydrogen (secondary N) is 1. The van der Waals surface area contributed by atoms with Crippen LogP contribution in [0.1, 0.15) is 22.5 Å². The summed E-state index contributed by atoms with van der Waals surface area (Å²) in [4.78, 5) is 13.0. The fraction of sp³-hybridized carbons (Fsp3) is 0.105. The molecular formula is C19H15ClN4OS. The van der Waals surface area contributed by atoms with Gasteiger partial charge in [-0.1, -0.05) is 41.6 Å². The van der Waals surface area contributed by atoms with Gasteiger partial charge in [0.25, 0.3) is 0 Å². The molecule has 0 fully saturated rings. The number of pyridine rings is 1. The number of aromatic nitrogens is 3. The lowest BCUT2D eigenvalue weighted by molar-refractivity contribution is 0.600. The minimum absolute atomic E-state index is 0.314. The molecule has 130 valence electrons. The van der Waals surface area contributed by atoms with Gasteiger partial charge in [0.1, 0.15) is 28.5 Å². The predicted octanol–water partition coefficient (Wildman–Crippen LogP) is 3.68. The highest BCUT2D eigenvalue weighted by molar-refractivity contribution is 7.92. The maximum atomic E-state index is 12.4. The summed E-state index contributed by atoms with van der Waals surface area (Å²) in [7, 11) is 0. The van der Waals surface area contributed by atoms with Crippen molar-refractivity contribution >= 4 is 28.7 Å². The number of hydrogen-bond donors (Lipinski definition) is 1. The Morgan fingerprint density at radius 1 is 1.04 bits per heavy atom. The molecule has 0 saturated carbocycles. The Kier molecular flexibility index (Phi) is 5.74. The van der Waals surface area contributed by atoms with Gasteiger partial charge >= 0.3 is 0 Å². The lowest BCUT2D eigenvalue weighted by Crippen LogP contribution is -2.14. The summed E-state index contributed by atoms with van der Waals surface area (Å²) in [6, 6.07) is 11.0. The van der Waals surface area contributed by atoms with Crippen LogP contribution in [-0.4, -0.2) is 19.5 Å². The highest BCUT2D eigenvalue weighted by Gasteiger charge is 2.13. The third-order valence-corrected chi connectivity index (χ3v) is 4.96. The molecule has 1 unspecified atom stereocenters. The smallest absolute Gasteiger partial charge is 0.179 e. The normalized spacial score (nSPS) is 11.4. The zero-order valence-corrected chi connectivity index (χ0v) is 15.7. The fourth-order valence-corrected chi connectivity index (χ4v) is 3.29. The Balaban J connectivity index is 1.86. The number of hydrogen-bond acceptors (Lipinski definition) is 5. The van der Waals surface area contributed by atoms with Crippen LogP contribution in [0, 0.1) is 25.7 Å². The number of halogens is 1. The van der Waals surface area contributed by atoms with Gasteiger partial charge in [-0.15, -0.1) is 0 Å². The molecule has 0 amide bonds. The average molecular weight is 383 g/mol. The third kappa shape index (κ3) is 4.33. The van der Waals surface area contributed by atoms with E-state index in [0.717, 1.165) is 5.69 Å². The summed E-state index contributed by atoms with van der Waals surface area (Å²) in [5.74, 6) is 5.99. The maximum Gasteiger partial charge on any atom is 0.179 e.